The molecule has 0 unspecified atom stereocenters. The molecule has 0 aliphatic heterocycles. The highest BCUT2D eigenvalue weighted by Crippen LogP contribution is 2.29. The number of pyridine rings is 1. The minimum absolute atomic E-state index is 0.312. The molecular formula is C17H19N3O3. The Labute approximate surface area is 135 Å². The zero-order chi connectivity index (χ0) is 16.7. The van der Waals surface area contributed by atoms with Crippen LogP contribution in [-0.2, 0) is 0 Å². The van der Waals surface area contributed by atoms with E-state index in [0.717, 1.165) is 5.69 Å². The SMILES string of the molecule is C=CCNc1ccc(C(=O)Nc2ccc(OC)cc2OC)nc1. The van der Waals surface area contributed by atoms with E-state index in [-0.39, 0.29) is 5.91 Å². The first-order chi connectivity index (χ1) is 11.2. The van der Waals surface area contributed by atoms with Gasteiger partial charge in [0.15, 0.2) is 0 Å². The minimum Gasteiger partial charge on any atom is -0.497 e. The molecule has 2 N–H and O–H groups in total. The standard InChI is InChI=1S/C17H19N3O3/c1-4-9-18-12-5-7-15(19-11-12)17(21)20-14-8-6-13(22-2)10-16(14)23-3/h4-8,10-11,18H,1,9H2,2-3H3,(H,20,21). The number of aromatic nitrogens is 1. The predicted molar refractivity (Wildman–Crippen MR) is 90.4 cm³/mol. The smallest absolute Gasteiger partial charge is 0.274 e. The molecule has 0 atom stereocenters. The minimum atomic E-state index is -0.316. The van der Waals surface area contributed by atoms with Crippen LogP contribution in [-0.4, -0.2) is 31.7 Å². The van der Waals surface area contributed by atoms with Crippen molar-refractivity contribution in [2.24, 2.45) is 0 Å². The van der Waals surface area contributed by atoms with Crippen LogP contribution >= 0.6 is 0 Å². The number of hydrogen-bond acceptors (Lipinski definition) is 5. The van der Waals surface area contributed by atoms with Gasteiger partial charge in [0.2, 0.25) is 0 Å². The number of anilines is 2. The van der Waals surface area contributed by atoms with Crippen LogP contribution in [0, 0.1) is 0 Å². The molecule has 0 bridgehead atoms. The molecule has 23 heavy (non-hydrogen) atoms. The maximum Gasteiger partial charge on any atom is 0.274 e. The van der Waals surface area contributed by atoms with Gasteiger partial charge < -0.3 is 20.1 Å². The van der Waals surface area contributed by atoms with Crippen molar-refractivity contribution >= 4 is 17.3 Å². The summed E-state index contributed by atoms with van der Waals surface area (Å²) in [7, 11) is 3.10. The van der Waals surface area contributed by atoms with E-state index in [1.54, 1.807) is 49.7 Å². The van der Waals surface area contributed by atoms with E-state index < -0.39 is 0 Å². The van der Waals surface area contributed by atoms with Gasteiger partial charge in [-0.3, -0.25) is 4.79 Å². The third kappa shape index (κ3) is 4.23. The van der Waals surface area contributed by atoms with Gasteiger partial charge in [0.1, 0.15) is 17.2 Å². The Morgan fingerprint density at radius 1 is 1.26 bits per heavy atom. The molecule has 0 saturated carbocycles. The summed E-state index contributed by atoms with van der Waals surface area (Å²) in [6.07, 6.45) is 3.35. The molecule has 0 radical (unpaired) electrons. The van der Waals surface area contributed by atoms with Gasteiger partial charge in [-0.1, -0.05) is 6.08 Å². The van der Waals surface area contributed by atoms with Gasteiger partial charge in [0.05, 0.1) is 31.8 Å². The second-order valence-electron chi connectivity index (χ2n) is 4.62. The van der Waals surface area contributed by atoms with Crippen LogP contribution in [0.2, 0.25) is 0 Å². The van der Waals surface area contributed by atoms with Gasteiger partial charge in [-0.15, -0.1) is 6.58 Å². The molecule has 1 aromatic heterocycles. The molecular weight excluding hydrogens is 294 g/mol. The Morgan fingerprint density at radius 2 is 2.09 bits per heavy atom. The zero-order valence-electron chi connectivity index (χ0n) is 13.1. The van der Waals surface area contributed by atoms with Crippen LogP contribution in [0.5, 0.6) is 11.5 Å². The van der Waals surface area contributed by atoms with Crippen LogP contribution in [0.15, 0.2) is 49.2 Å². The summed E-state index contributed by atoms with van der Waals surface area (Å²) in [6.45, 7) is 4.26. The number of carbonyl (C=O) groups excluding carboxylic acids is 1. The Kier molecular flexibility index (Phi) is 5.57. The number of carbonyl (C=O) groups is 1. The number of nitrogens with zero attached hydrogens (tertiary/aromatic N) is 1. The van der Waals surface area contributed by atoms with Crippen LogP contribution in [0.25, 0.3) is 0 Å². The Hall–Kier alpha value is -3.02. The predicted octanol–water partition coefficient (Wildman–Crippen LogP) is 2.95. The summed E-state index contributed by atoms with van der Waals surface area (Å²) in [5, 5.41) is 5.87. The third-order valence-corrected chi connectivity index (χ3v) is 3.10. The van der Waals surface area contributed by atoms with Gasteiger partial charge in [-0.05, 0) is 24.3 Å². The van der Waals surface area contributed by atoms with Gasteiger partial charge in [-0.25, -0.2) is 4.98 Å². The summed E-state index contributed by atoms with van der Waals surface area (Å²) in [5.74, 6) is 0.848. The van der Waals surface area contributed by atoms with Crippen molar-refractivity contribution in [3.63, 3.8) is 0 Å². The lowest BCUT2D eigenvalue weighted by Crippen LogP contribution is -2.14. The summed E-state index contributed by atoms with van der Waals surface area (Å²) < 4.78 is 10.4. The number of hydrogen-bond donors (Lipinski definition) is 2. The molecule has 0 saturated heterocycles. The maximum absolute atomic E-state index is 12.3. The van der Waals surface area contributed by atoms with Gasteiger partial charge >= 0.3 is 0 Å². The third-order valence-electron chi connectivity index (χ3n) is 3.10. The number of nitrogens with one attached hydrogen (secondary N) is 2. The number of methoxy groups -OCH3 is 2. The molecule has 0 aliphatic carbocycles. The van der Waals surface area contributed by atoms with Crippen molar-refractivity contribution in [2.45, 2.75) is 0 Å². The summed E-state index contributed by atoms with van der Waals surface area (Å²) in [4.78, 5) is 16.4. The van der Waals surface area contributed by atoms with Gasteiger partial charge in [0, 0.05) is 12.6 Å². The molecule has 6 heteroatoms. The quantitative estimate of drug-likeness (QED) is 0.769. The number of benzene rings is 1. The second-order valence-corrected chi connectivity index (χ2v) is 4.62. The van der Waals surface area contributed by atoms with Gasteiger partial charge in [0.25, 0.3) is 5.91 Å². The average molecular weight is 313 g/mol. The normalized spacial score (nSPS) is 9.83. The molecule has 2 rings (SSSR count). The van der Waals surface area contributed by atoms with Crippen molar-refractivity contribution in [2.75, 3.05) is 31.4 Å². The van der Waals surface area contributed by atoms with Crippen LogP contribution < -0.4 is 20.1 Å². The fourth-order valence-electron chi connectivity index (χ4n) is 1.91. The molecule has 0 aliphatic rings. The lowest BCUT2D eigenvalue weighted by molar-refractivity contribution is 0.102. The van der Waals surface area contributed by atoms with Crippen molar-refractivity contribution in [3.05, 3.63) is 54.9 Å². The average Bonchev–Trinajstić information content (AvgIpc) is 2.60. The van der Waals surface area contributed by atoms with E-state index in [1.165, 1.54) is 7.11 Å². The summed E-state index contributed by atoms with van der Waals surface area (Å²) >= 11 is 0. The van der Waals surface area contributed by atoms with Crippen molar-refractivity contribution < 1.29 is 14.3 Å². The van der Waals surface area contributed by atoms with E-state index in [1.807, 2.05) is 0 Å². The monoisotopic (exact) mass is 313 g/mol. The van der Waals surface area contributed by atoms with Crippen LogP contribution in [0.3, 0.4) is 0 Å². The highest BCUT2D eigenvalue weighted by Gasteiger charge is 2.11. The molecule has 1 amide bonds. The summed E-state index contributed by atoms with van der Waals surface area (Å²) in [6, 6.07) is 8.60. The first-order valence-corrected chi connectivity index (χ1v) is 7.02. The van der Waals surface area contributed by atoms with Crippen molar-refractivity contribution in [1.82, 2.24) is 4.98 Å². The van der Waals surface area contributed by atoms with Gasteiger partial charge in [-0.2, -0.15) is 0 Å². The largest absolute Gasteiger partial charge is 0.497 e. The van der Waals surface area contributed by atoms with E-state index >= 15 is 0 Å². The van der Waals surface area contributed by atoms with E-state index in [0.29, 0.717) is 29.4 Å². The second kappa shape index (κ2) is 7.84. The van der Waals surface area contributed by atoms with E-state index in [4.69, 9.17) is 9.47 Å². The molecule has 1 aromatic carbocycles. The first-order valence-electron chi connectivity index (χ1n) is 7.02. The Morgan fingerprint density at radius 3 is 2.70 bits per heavy atom. The van der Waals surface area contributed by atoms with E-state index in [2.05, 4.69) is 22.2 Å². The number of ether oxygens (including phenoxy) is 2. The summed E-state index contributed by atoms with van der Waals surface area (Å²) in [5.41, 5.74) is 1.68. The number of rotatable bonds is 7. The fourth-order valence-corrected chi connectivity index (χ4v) is 1.91. The molecule has 0 fully saturated rings. The van der Waals surface area contributed by atoms with E-state index in [9.17, 15) is 4.79 Å². The molecule has 0 spiro atoms. The molecule has 1 heterocycles. The van der Waals surface area contributed by atoms with Crippen molar-refractivity contribution in [1.29, 1.82) is 0 Å². The molecule has 6 nitrogen and oxygen atoms in total. The lowest BCUT2D eigenvalue weighted by atomic mass is 10.2. The number of amides is 1. The zero-order valence-corrected chi connectivity index (χ0v) is 13.1. The molecule has 2 aromatic rings. The Balaban J connectivity index is 2.11. The van der Waals surface area contributed by atoms with Crippen LogP contribution in [0.1, 0.15) is 10.5 Å². The van der Waals surface area contributed by atoms with Crippen LogP contribution in [0.4, 0.5) is 11.4 Å². The van der Waals surface area contributed by atoms with Crippen molar-refractivity contribution in [3.8, 4) is 11.5 Å². The first kappa shape index (κ1) is 16.4. The lowest BCUT2D eigenvalue weighted by Gasteiger charge is -2.11. The highest BCUT2D eigenvalue weighted by atomic mass is 16.5. The maximum atomic E-state index is 12.3. The topological polar surface area (TPSA) is 72.5 Å². The fraction of sp³-hybridized carbons (Fsp3) is 0.176. The Bertz CT molecular complexity index is 684. The highest BCUT2D eigenvalue weighted by molar-refractivity contribution is 6.03. The molecule has 120 valence electrons.